The van der Waals surface area contributed by atoms with Crippen LogP contribution in [0.25, 0.3) is 0 Å². The van der Waals surface area contributed by atoms with Gasteiger partial charge in [-0.2, -0.15) is 0 Å². The molecule has 0 atom stereocenters. The van der Waals surface area contributed by atoms with Gasteiger partial charge in [0.05, 0.1) is 39.6 Å². The minimum absolute atomic E-state index is 0.0465. The quantitative estimate of drug-likeness (QED) is 0.0263. The van der Waals surface area contributed by atoms with Gasteiger partial charge in [0.25, 0.3) is 0 Å². The number of carbonyl (C=O) groups is 6. The summed E-state index contributed by atoms with van der Waals surface area (Å²) in [5, 5.41) is 0. The van der Waals surface area contributed by atoms with Crippen molar-refractivity contribution in [3.8, 4) is 0 Å². The largest absolute Gasteiger partial charge is 0.465 e. The third kappa shape index (κ3) is 29.4. The van der Waals surface area contributed by atoms with Crippen molar-refractivity contribution in [2.24, 2.45) is 16.2 Å². The van der Waals surface area contributed by atoms with Gasteiger partial charge in [-0.25, -0.2) is 0 Å². The summed E-state index contributed by atoms with van der Waals surface area (Å²) in [6, 6.07) is 5.52. The average molecular weight is 1140 g/mol. The van der Waals surface area contributed by atoms with E-state index in [1.807, 2.05) is 18.2 Å². The van der Waals surface area contributed by atoms with E-state index >= 15 is 0 Å². The van der Waals surface area contributed by atoms with Gasteiger partial charge in [0.1, 0.15) is 0 Å². The van der Waals surface area contributed by atoms with Crippen LogP contribution in [-0.2, 0) is 76.5 Å². The zero-order valence-corrected chi connectivity index (χ0v) is 53.5. The van der Waals surface area contributed by atoms with Gasteiger partial charge in [0, 0.05) is 0 Å². The molecule has 81 heavy (non-hydrogen) atoms. The monoisotopic (exact) mass is 1140 g/mol. The molecule has 0 heterocycles. The van der Waals surface area contributed by atoms with Crippen molar-refractivity contribution < 1.29 is 57.2 Å². The van der Waals surface area contributed by atoms with Crippen LogP contribution in [0.1, 0.15) is 310 Å². The highest BCUT2D eigenvalue weighted by Crippen LogP contribution is 2.40. The molecule has 0 bridgehead atoms. The Morgan fingerprint density at radius 3 is 0.543 bits per heavy atom. The lowest BCUT2D eigenvalue weighted by atomic mass is 9.72. The maximum absolute atomic E-state index is 14.6. The van der Waals surface area contributed by atoms with E-state index in [1.54, 1.807) is 41.5 Å². The van der Waals surface area contributed by atoms with Gasteiger partial charge in [0.15, 0.2) is 16.2 Å². The Hall–Kier alpha value is -3.96. The SMILES string of the molecule is CCCCCCCCCCCCCC(Cc1cc(CC(CCCCCCCCCCCCC)(C(=O)OCC)C(=O)OCC)cc(CC(CCCCCCCCCCCCC)(C(=O)OCC)C(=O)OCC)c1)(C(=O)OCC)C(=O)OCC. The number of hydrogen-bond donors (Lipinski definition) is 0. The minimum atomic E-state index is -1.75. The average Bonchev–Trinajstić information content (AvgIpc) is 3.44. The smallest absolute Gasteiger partial charge is 0.323 e. The topological polar surface area (TPSA) is 158 Å². The van der Waals surface area contributed by atoms with Crippen molar-refractivity contribution in [3.63, 3.8) is 0 Å². The lowest BCUT2D eigenvalue weighted by Gasteiger charge is -2.32. The van der Waals surface area contributed by atoms with Gasteiger partial charge >= 0.3 is 35.8 Å². The lowest BCUT2D eigenvalue weighted by molar-refractivity contribution is -0.174. The summed E-state index contributed by atoms with van der Waals surface area (Å²) in [6.07, 6.45) is 36.1. The van der Waals surface area contributed by atoms with Crippen molar-refractivity contribution in [1.82, 2.24) is 0 Å². The third-order valence-corrected chi connectivity index (χ3v) is 16.2. The molecule has 1 aromatic carbocycles. The normalized spacial score (nSPS) is 11.8. The van der Waals surface area contributed by atoms with E-state index in [-0.39, 0.29) is 78.2 Å². The van der Waals surface area contributed by atoms with Gasteiger partial charge in [-0.05, 0) is 96.8 Å². The zero-order valence-electron chi connectivity index (χ0n) is 53.5. The number of rotatable bonds is 54. The van der Waals surface area contributed by atoms with E-state index in [0.29, 0.717) is 36.0 Å². The predicted molar refractivity (Wildman–Crippen MR) is 328 cm³/mol. The Labute approximate surface area is 494 Å². The zero-order chi connectivity index (χ0) is 59.9. The van der Waals surface area contributed by atoms with E-state index in [1.165, 1.54) is 116 Å². The molecule has 0 aromatic heterocycles. The number of hydrogen-bond acceptors (Lipinski definition) is 12. The van der Waals surface area contributed by atoms with Crippen LogP contribution in [0.3, 0.4) is 0 Å². The Morgan fingerprint density at radius 1 is 0.247 bits per heavy atom. The molecule has 12 nitrogen and oxygen atoms in total. The van der Waals surface area contributed by atoms with Crippen LogP contribution in [0.4, 0.5) is 0 Å². The molecule has 0 fully saturated rings. The number of carbonyl (C=O) groups excluding carboxylic acids is 6. The van der Waals surface area contributed by atoms with E-state index < -0.39 is 52.1 Å². The molecule has 0 unspecified atom stereocenters. The third-order valence-electron chi connectivity index (χ3n) is 16.2. The predicted octanol–water partition coefficient (Wildman–Crippen LogP) is 17.8. The van der Waals surface area contributed by atoms with Gasteiger partial charge in [-0.3, -0.25) is 28.8 Å². The molecule has 0 aliphatic rings. The second-order valence-electron chi connectivity index (χ2n) is 23.1. The standard InChI is InChI=1S/C69H120O12/c1-10-19-22-25-28-31-34-37-40-43-46-49-67(61(70)76-13-4,62(71)77-14-5)55-58-52-59(56-68(63(72)78-15-6,64(73)79-16-7)50-47-44-41-38-35-32-29-26-23-20-11-2)54-60(53-58)57-69(65(74)80-17-8,66(75)81-18-9)51-48-45-42-39-36-33-30-27-24-21-12-3/h52-54H,10-51,55-57H2,1-9H3. The molecule has 0 saturated heterocycles. The first-order valence-corrected chi connectivity index (χ1v) is 33.5. The van der Waals surface area contributed by atoms with Crippen molar-refractivity contribution in [2.45, 2.75) is 313 Å². The van der Waals surface area contributed by atoms with E-state index in [4.69, 9.17) is 28.4 Å². The fourth-order valence-electron chi connectivity index (χ4n) is 11.6. The molecule has 1 rings (SSSR count). The number of ether oxygens (including phenoxy) is 6. The molecule has 0 spiro atoms. The first-order valence-electron chi connectivity index (χ1n) is 33.5. The summed E-state index contributed by atoms with van der Waals surface area (Å²) >= 11 is 0. The van der Waals surface area contributed by atoms with Crippen molar-refractivity contribution >= 4 is 35.8 Å². The Bertz CT molecular complexity index is 1550. The van der Waals surface area contributed by atoms with Crippen LogP contribution in [0.15, 0.2) is 18.2 Å². The van der Waals surface area contributed by atoms with Crippen molar-refractivity contribution in [1.29, 1.82) is 0 Å². The summed E-state index contributed by atoms with van der Waals surface area (Å²) in [5.41, 5.74) is -3.65. The van der Waals surface area contributed by atoms with E-state index in [9.17, 15) is 28.8 Å². The molecule has 0 amide bonds. The fourth-order valence-corrected chi connectivity index (χ4v) is 11.6. The highest BCUT2D eigenvalue weighted by molar-refractivity contribution is 6.02. The summed E-state index contributed by atoms with van der Waals surface area (Å²) in [5.74, 6) is -4.11. The molecule has 468 valence electrons. The van der Waals surface area contributed by atoms with E-state index in [2.05, 4.69) is 20.8 Å². The van der Waals surface area contributed by atoms with Crippen molar-refractivity contribution in [2.75, 3.05) is 39.6 Å². The molecular weight excluding hydrogens is 1020 g/mol. The second-order valence-corrected chi connectivity index (χ2v) is 23.1. The number of benzene rings is 1. The molecule has 0 N–H and O–H groups in total. The van der Waals surface area contributed by atoms with Crippen molar-refractivity contribution in [3.05, 3.63) is 34.9 Å². The van der Waals surface area contributed by atoms with Gasteiger partial charge < -0.3 is 28.4 Å². The number of unbranched alkanes of at least 4 members (excludes halogenated alkanes) is 30. The Kier molecular flexibility index (Phi) is 43.9. The van der Waals surface area contributed by atoms with E-state index in [0.717, 1.165) is 77.0 Å². The lowest BCUT2D eigenvalue weighted by Crippen LogP contribution is -2.45. The van der Waals surface area contributed by atoms with Crippen LogP contribution in [0, 0.1) is 16.2 Å². The summed E-state index contributed by atoms with van der Waals surface area (Å²) < 4.78 is 34.7. The molecular formula is C69H120O12. The molecule has 0 radical (unpaired) electrons. The maximum Gasteiger partial charge on any atom is 0.323 e. The maximum atomic E-state index is 14.6. The van der Waals surface area contributed by atoms with Gasteiger partial charge in [0.2, 0.25) is 0 Å². The Morgan fingerprint density at radius 2 is 0.395 bits per heavy atom. The molecule has 1 aromatic rings. The van der Waals surface area contributed by atoms with Crippen LogP contribution >= 0.6 is 0 Å². The number of esters is 6. The summed E-state index contributed by atoms with van der Waals surface area (Å²) in [6.45, 7) is 17.3. The highest BCUT2D eigenvalue weighted by Gasteiger charge is 2.52. The van der Waals surface area contributed by atoms with Gasteiger partial charge in [-0.15, -0.1) is 0 Å². The highest BCUT2D eigenvalue weighted by atomic mass is 16.6. The van der Waals surface area contributed by atoms with Crippen LogP contribution in [-0.4, -0.2) is 75.5 Å². The summed E-state index contributed by atoms with van der Waals surface area (Å²) in [4.78, 5) is 87.4. The fraction of sp³-hybridized carbons (Fsp3) is 0.826. The first-order chi connectivity index (χ1) is 39.3. The van der Waals surface area contributed by atoms with Crippen LogP contribution in [0.5, 0.6) is 0 Å². The molecule has 0 saturated carbocycles. The molecule has 12 heteroatoms. The van der Waals surface area contributed by atoms with Crippen LogP contribution < -0.4 is 0 Å². The molecule has 0 aliphatic carbocycles. The summed E-state index contributed by atoms with van der Waals surface area (Å²) in [7, 11) is 0. The van der Waals surface area contributed by atoms with Crippen LogP contribution in [0.2, 0.25) is 0 Å². The van der Waals surface area contributed by atoms with Gasteiger partial charge in [-0.1, -0.05) is 251 Å². The second kappa shape index (κ2) is 47.4. The first kappa shape index (κ1) is 75.1. The minimum Gasteiger partial charge on any atom is -0.465 e. The Balaban J connectivity index is 4.08. The molecule has 0 aliphatic heterocycles.